The van der Waals surface area contributed by atoms with Crippen LogP contribution in [0.25, 0.3) is 0 Å². The molecule has 1 unspecified atom stereocenters. The molecule has 0 bridgehead atoms. The second kappa shape index (κ2) is 5.25. The van der Waals surface area contributed by atoms with E-state index in [-0.39, 0.29) is 17.4 Å². The number of rotatable bonds is 4. The molecule has 0 saturated carbocycles. The average Bonchev–Trinajstić information content (AvgIpc) is 2.28. The van der Waals surface area contributed by atoms with E-state index in [2.05, 4.69) is 0 Å². The van der Waals surface area contributed by atoms with Gasteiger partial charge >= 0.3 is 11.7 Å². The van der Waals surface area contributed by atoms with Gasteiger partial charge in [0.2, 0.25) is 5.75 Å². The van der Waals surface area contributed by atoms with Crippen molar-refractivity contribution in [2.75, 3.05) is 0 Å². The molecule has 0 amide bonds. The van der Waals surface area contributed by atoms with Crippen LogP contribution >= 0.6 is 0 Å². The van der Waals surface area contributed by atoms with Crippen LogP contribution in [0.4, 0.5) is 5.69 Å². The van der Waals surface area contributed by atoms with E-state index in [0.717, 1.165) is 0 Å². The van der Waals surface area contributed by atoms with Crippen LogP contribution in [0.1, 0.15) is 20.3 Å². The lowest BCUT2D eigenvalue weighted by molar-refractivity contribution is -0.385. The summed E-state index contributed by atoms with van der Waals surface area (Å²) in [6.45, 7) is 3.57. The second-order valence-electron chi connectivity index (χ2n) is 3.46. The van der Waals surface area contributed by atoms with Gasteiger partial charge in [-0.1, -0.05) is 26.0 Å². The number of para-hydroxylation sites is 2. The number of carbonyl (C=O) groups excluding carboxylic acids is 1. The maximum atomic E-state index is 11.5. The molecule has 1 aromatic carbocycles. The van der Waals surface area contributed by atoms with Crippen LogP contribution in [0.15, 0.2) is 24.3 Å². The molecule has 0 radical (unpaired) electrons. The van der Waals surface area contributed by atoms with E-state index in [1.54, 1.807) is 13.0 Å². The highest BCUT2D eigenvalue weighted by molar-refractivity contribution is 5.75. The first-order chi connectivity index (χ1) is 7.56. The van der Waals surface area contributed by atoms with Gasteiger partial charge in [0.1, 0.15) is 0 Å². The molecule has 86 valence electrons. The summed E-state index contributed by atoms with van der Waals surface area (Å²) in [4.78, 5) is 21.6. The summed E-state index contributed by atoms with van der Waals surface area (Å²) in [6, 6.07) is 5.84. The van der Waals surface area contributed by atoms with Crippen molar-refractivity contribution in [3.05, 3.63) is 34.4 Å². The number of ether oxygens (including phenoxy) is 1. The lowest BCUT2D eigenvalue weighted by atomic mass is 10.1. The van der Waals surface area contributed by atoms with Gasteiger partial charge in [0.25, 0.3) is 0 Å². The first-order valence-electron chi connectivity index (χ1n) is 5.01. The molecular weight excluding hydrogens is 210 g/mol. The van der Waals surface area contributed by atoms with Crippen molar-refractivity contribution in [1.29, 1.82) is 0 Å². The third-order valence-corrected chi connectivity index (χ3v) is 2.29. The van der Waals surface area contributed by atoms with Gasteiger partial charge in [0.15, 0.2) is 0 Å². The number of carbonyl (C=O) groups is 1. The van der Waals surface area contributed by atoms with E-state index in [1.807, 2.05) is 6.92 Å². The van der Waals surface area contributed by atoms with E-state index in [4.69, 9.17) is 4.74 Å². The zero-order valence-electron chi connectivity index (χ0n) is 9.17. The summed E-state index contributed by atoms with van der Waals surface area (Å²) in [6.07, 6.45) is 0.638. The zero-order chi connectivity index (χ0) is 12.1. The average molecular weight is 223 g/mol. The van der Waals surface area contributed by atoms with Crippen LogP contribution in [0.5, 0.6) is 5.75 Å². The lowest BCUT2D eigenvalue weighted by Gasteiger charge is -2.08. The molecule has 0 N–H and O–H groups in total. The Morgan fingerprint density at radius 3 is 2.69 bits per heavy atom. The standard InChI is InChI=1S/C11H13NO4/c1-3-8(2)11(13)16-10-7-5-4-6-9(10)12(14)15/h4-8H,3H2,1-2H3. The van der Waals surface area contributed by atoms with E-state index in [9.17, 15) is 14.9 Å². The van der Waals surface area contributed by atoms with Crippen molar-refractivity contribution < 1.29 is 14.5 Å². The molecule has 5 heteroatoms. The molecule has 1 aromatic rings. The van der Waals surface area contributed by atoms with Crippen LogP contribution in [0.3, 0.4) is 0 Å². The normalized spacial score (nSPS) is 11.9. The third-order valence-electron chi connectivity index (χ3n) is 2.29. The van der Waals surface area contributed by atoms with Crippen molar-refractivity contribution in [2.24, 2.45) is 5.92 Å². The molecule has 1 rings (SSSR count). The highest BCUT2D eigenvalue weighted by Gasteiger charge is 2.19. The molecular formula is C11H13NO4. The van der Waals surface area contributed by atoms with Gasteiger partial charge in [-0.05, 0) is 12.5 Å². The predicted octanol–water partition coefficient (Wildman–Crippen LogP) is 2.55. The fourth-order valence-corrected chi connectivity index (χ4v) is 1.07. The number of nitrogens with zero attached hydrogens (tertiary/aromatic N) is 1. The molecule has 0 aliphatic heterocycles. The topological polar surface area (TPSA) is 69.4 Å². The first-order valence-corrected chi connectivity index (χ1v) is 5.01. The summed E-state index contributed by atoms with van der Waals surface area (Å²) >= 11 is 0. The fourth-order valence-electron chi connectivity index (χ4n) is 1.07. The van der Waals surface area contributed by atoms with Gasteiger partial charge in [-0.25, -0.2) is 0 Å². The number of hydrogen-bond donors (Lipinski definition) is 0. The molecule has 0 heterocycles. The number of nitro benzene ring substituents is 1. The summed E-state index contributed by atoms with van der Waals surface area (Å²) in [5, 5.41) is 10.7. The maximum Gasteiger partial charge on any atom is 0.314 e. The molecule has 0 aliphatic carbocycles. The van der Waals surface area contributed by atoms with E-state index in [0.29, 0.717) is 6.42 Å². The number of esters is 1. The van der Waals surface area contributed by atoms with Gasteiger partial charge in [0.05, 0.1) is 10.8 Å². The van der Waals surface area contributed by atoms with Crippen molar-refractivity contribution in [2.45, 2.75) is 20.3 Å². The van der Waals surface area contributed by atoms with Gasteiger partial charge in [-0.3, -0.25) is 14.9 Å². The van der Waals surface area contributed by atoms with Gasteiger partial charge < -0.3 is 4.74 Å². The minimum absolute atomic E-state index is 0.00204. The molecule has 0 aromatic heterocycles. The number of benzene rings is 1. The lowest BCUT2D eigenvalue weighted by Crippen LogP contribution is -2.17. The molecule has 16 heavy (non-hydrogen) atoms. The Morgan fingerprint density at radius 1 is 1.50 bits per heavy atom. The Kier molecular flexibility index (Phi) is 3.99. The molecule has 0 spiro atoms. The number of nitro groups is 1. The van der Waals surface area contributed by atoms with Crippen LogP contribution in [-0.2, 0) is 4.79 Å². The minimum Gasteiger partial charge on any atom is -0.419 e. The summed E-state index contributed by atoms with van der Waals surface area (Å²) in [7, 11) is 0. The largest absolute Gasteiger partial charge is 0.419 e. The Bertz CT molecular complexity index is 403. The second-order valence-corrected chi connectivity index (χ2v) is 3.46. The third kappa shape index (κ3) is 2.79. The van der Waals surface area contributed by atoms with Gasteiger partial charge in [-0.2, -0.15) is 0 Å². The summed E-state index contributed by atoms with van der Waals surface area (Å²) in [5.41, 5.74) is -0.195. The van der Waals surface area contributed by atoms with Gasteiger partial charge in [-0.15, -0.1) is 0 Å². The Hall–Kier alpha value is -1.91. The van der Waals surface area contributed by atoms with Crippen molar-refractivity contribution in [1.82, 2.24) is 0 Å². The smallest absolute Gasteiger partial charge is 0.314 e. The number of hydrogen-bond acceptors (Lipinski definition) is 4. The molecule has 1 atom stereocenters. The minimum atomic E-state index is -0.570. The highest BCUT2D eigenvalue weighted by Crippen LogP contribution is 2.26. The molecule has 0 saturated heterocycles. The SMILES string of the molecule is CCC(C)C(=O)Oc1ccccc1[N+](=O)[O-]. The van der Waals surface area contributed by atoms with Crippen molar-refractivity contribution in [3.8, 4) is 5.75 Å². The van der Waals surface area contributed by atoms with E-state index >= 15 is 0 Å². The predicted molar refractivity (Wildman–Crippen MR) is 58.2 cm³/mol. The zero-order valence-corrected chi connectivity index (χ0v) is 9.17. The van der Waals surface area contributed by atoms with Crippen LogP contribution in [0, 0.1) is 16.0 Å². The Labute approximate surface area is 93.2 Å². The van der Waals surface area contributed by atoms with Crippen molar-refractivity contribution in [3.63, 3.8) is 0 Å². The fraction of sp³-hybridized carbons (Fsp3) is 0.364. The first kappa shape index (κ1) is 12.2. The van der Waals surface area contributed by atoms with Crippen LogP contribution in [0.2, 0.25) is 0 Å². The molecule has 5 nitrogen and oxygen atoms in total. The van der Waals surface area contributed by atoms with Crippen molar-refractivity contribution >= 4 is 11.7 Å². The molecule has 0 aliphatic rings. The van der Waals surface area contributed by atoms with Crippen LogP contribution < -0.4 is 4.74 Å². The molecule has 0 fully saturated rings. The highest BCUT2D eigenvalue weighted by atomic mass is 16.6. The quantitative estimate of drug-likeness (QED) is 0.340. The van der Waals surface area contributed by atoms with E-state index in [1.165, 1.54) is 18.2 Å². The summed E-state index contributed by atoms with van der Waals surface area (Å²) < 4.78 is 4.98. The summed E-state index contributed by atoms with van der Waals surface area (Å²) in [5.74, 6) is -0.714. The Morgan fingerprint density at radius 2 is 2.12 bits per heavy atom. The Balaban J connectivity index is 2.89. The van der Waals surface area contributed by atoms with Crippen LogP contribution in [-0.4, -0.2) is 10.9 Å². The van der Waals surface area contributed by atoms with Gasteiger partial charge in [0, 0.05) is 6.07 Å². The van der Waals surface area contributed by atoms with E-state index < -0.39 is 10.9 Å². The maximum absolute atomic E-state index is 11.5. The monoisotopic (exact) mass is 223 g/mol.